The maximum Gasteiger partial charge on any atom is 0.335 e. The minimum Gasteiger partial charge on any atom is -0.478 e. The highest BCUT2D eigenvalue weighted by Crippen LogP contribution is 2.31. The van der Waals surface area contributed by atoms with Gasteiger partial charge in [-0.3, -0.25) is 4.68 Å². The number of carboxylic acid groups (broad SMARTS) is 1. The van der Waals surface area contributed by atoms with Gasteiger partial charge in [-0.15, -0.1) is 0 Å². The second-order valence-corrected chi connectivity index (χ2v) is 4.42. The number of hydrogen-bond acceptors (Lipinski definition) is 2. The Hall–Kier alpha value is -1.81. The van der Waals surface area contributed by atoms with Crippen molar-refractivity contribution in [3.8, 4) is 11.1 Å². The van der Waals surface area contributed by atoms with E-state index in [0.717, 1.165) is 17.7 Å². The van der Waals surface area contributed by atoms with E-state index in [1.165, 1.54) is 6.07 Å². The van der Waals surface area contributed by atoms with Crippen LogP contribution in [0.4, 0.5) is 0 Å². The van der Waals surface area contributed by atoms with Crippen molar-refractivity contribution < 1.29 is 9.90 Å². The lowest BCUT2D eigenvalue weighted by Crippen LogP contribution is -1.96. The average Bonchev–Trinajstić information content (AvgIpc) is 2.70. The number of hydrogen-bond donors (Lipinski definition) is 1. The highest BCUT2D eigenvalue weighted by Gasteiger charge is 2.14. The van der Waals surface area contributed by atoms with E-state index in [-0.39, 0.29) is 5.56 Å². The molecule has 1 N–H and O–H groups in total. The molecule has 0 aliphatic rings. The quantitative estimate of drug-likeness (QED) is 0.927. The average molecular weight is 265 g/mol. The summed E-state index contributed by atoms with van der Waals surface area (Å²) in [5, 5.41) is 13.9. The molecule has 4 nitrogen and oxygen atoms in total. The van der Waals surface area contributed by atoms with Crippen molar-refractivity contribution >= 4 is 17.6 Å². The molecule has 0 saturated heterocycles. The van der Waals surface area contributed by atoms with E-state index in [0.29, 0.717) is 10.6 Å². The first kappa shape index (κ1) is 12.6. The van der Waals surface area contributed by atoms with Gasteiger partial charge < -0.3 is 5.11 Å². The summed E-state index contributed by atoms with van der Waals surface area (Å²) in [5.74, 6) is -0.963. The van der Waals surface area contributed by atoms with Crippen LogP contribution in [-0.4, -0.2) is 20.9 Å². The van der Waals surface area contributed by atoms with Gasteiger partial charge in [0.15, 0.2) is 0 Å². The molecule has 18 heavy (non-hydrogen) atoms. The third-order valence-corrected chi connectivity index (χ3v) is 3.07. The molecule has 0 atom stereocenters. The third kappa shape index (κ3) is 2.24. The summed E-state index contributed by atoms with van der Waals surface area (Å²) in [6.45, 7) is 2.00. The van der Waals surface area contributed by atoms with E-state index < -0.39 is 5.97 Å². The molecule has 0 radical (unpaired) electrons. The van der Waals surface area contributed by atoms with Gasteiger partial charge in [0.1, 0.15) is 0 Å². The predicted octanol–water partition coefficient (Wildman–Crippen LogP) is 3.00. The molecular weight excluding hydrogens is 252 g/mol. The molecule has 1 aromatic carbocycles. The second kappa shape index (κ2) is 4.82. The molecule has 0 unspecified atom stereocenters. The normalized spacial score (nSPS) is 10.6. The number of aromatic carboxylic acids is 1. The maximum atomic E-state index is 11.0. The monoisotopic (exact) mass is 264 g/mol. The SMILES string of the molecule is CCc1nn(C)cc1-c1cc(C(=O)O)ccc1Cl. The molecule has 5 heteroatoms. The minimum absolute atomic E-state index is 0.223. The van der Waals surface area contributed by atoms with Gasteiger partial charge in [-0.2, -0.15) is 5.10 Å². The summed E-state index contributed by atoms with van der Waals surface area (Å²) in [5.41, 5.74) is 2.72. The highest BCUT2D eigenvalue weighted by atomic mass is 35.5. The van der Waals surface area contributed by atoms with Gasteiger partial charge >= 0.3 is 5.97 Å². The Kier molecular flexibility index (Phi) is 3.39. The lowest BCUT2D eigenvalue weighted by Gasteiger charge is -2.05. The van der Waals surface area contributed by atoms with E-state index in [1.807, 2.05) is 20.2 Å². The van der Waals surface area contributed by atoms with Crippen LogP contribution in [-0.2, 0) is 13.5 Å². The van der Waals surface area contributed by atoms with E-state index >= 15 is 0 Å². The Labute approximate surface area is 110 Å². The number of carboxylic acids is 1. The van der Waals surface area contributed by atoms with Crippen LogP contribution >= 0.6 is 11.6 Å². The molecule has 0 saturated carbocycles. The van der Waals surface area contributed by atoms with Crippen LogP contribution in [0, 0.1) is 0 Å². The molecule has 0 spiro atoms. The fourth-order valence-electron chi connectivity index (χ4n) is 1.89. The van der Waals surface area contributed by atoms with E-state index in [2.05, 4.69) is 5.10 Å². The standard InChI is InChI=1S/C13H13ClN2O2/c1-3-12-10(7-16(2)15-12)9-6-8(13(17)18)4-5-11(9)14/h4-7H,3H2,1-2H3,(H,17,18). The Bertz CT molecular complexity index is 605. The van der Waals surface area contributed by atoms with Crippen molar-refractivity contribution in [3.63, 3.8) is 0 Å². The lowest BCUT2D eigenvalue weighted by atomic mass is 10.0. The lowest BCUT2D eigenvalue weighted by molar-refractivity contribution is 0.0697. The zero-order chi connectivity index (χ0) is 13.3. The summed E-state index contributed by atoms with van der Waals surface area (Å²) in [4.78, 5) is 11.0. The molecule has 1 heterocycles. The largest absolute Gasteiger partial charge is 0.478 e. The second-order valence-electron chi connectivity index (χ2n) is 4.02. The van der Waals surface area contributed by atoms with Gasteiger partial charge in [-0.1, -0.05) is 18.5 Å². The van der Waals surface area contributed by atoms with Crippen LogP contribution < -0.4 is 0 Å². The van der Waals surface area contributed by atoms with Crippen molar-refractivity contribution in [2.24, 2.45) is 7.05 Å². The van der Waals surface area contributed by atoms with E-state index in [4.69, 9.17) is 16.7 Å². The summed E-state index contributed by atoms with van der Waals surface area (Å²) in [7, 11) is 1.83. The Morgan fingerprint density at radius 3 is 2.78 bits per heavy atom. The molecule has 1 aromatic heterocycles. The number of nitrogens with zero attached hydrogens (tertiary/aromatic N) is 2. The zero-order valence-corrected chi connectivity index (χ0v) is 10.9. The molecule has 2 aromatic rings. The summed E-state index contributed by atoms with van der Waals surface area (Å²) in [6.07, 6.45) is 2.62. The van der Waals surface area contributed by atoms with Crippen LogP contribution in [0.1, 0.15) is 23.0 Å². The van der Waals surface area contributed by atoms with Gasteiger partial charge in [-0.25, -0.2) is 4.79 Å². The molecule has 0 aliphatic carbocycles. The van der Waals surface area contributed by atoms with Gasteiger partial charge in [0, 0.05) is 29.4 Å². The fraction of sp³-hybridized carbons (Fsp3) is 0.231. The highest BCUT2D eigenvalue weighted by molar-refractivity contribution is 6.33. The molecule has 0 fully saturated rings. The van der Waals surface area contributed by atoms with Crippen molar-refractivity contribution in [2.75, 3.05) is 0 Å². The van der Waals surface area contributed by atoms with Crippen molar-refractivity contribution in [1.29, 1.82) is 0 Å². The van der Waals surface area contributed by atoms with Gasteiger partial charge in [-0.05, 0) is 24.6 Å². The van der Waals surface area contributed by atoms with Crippen LogP contribution in [0.15, 0.2) is 24.4 Å². The van der Waals surface area contributed by atoms with Gasteiger partial charge in [0.05, 0.1) is 11.3 Å². The van der Waals surface area contributed by atoms with Crippen LogP contribution in [0.25, 0.3) is 11.1 Å². The zero-order valence-electron chi connectivity index (χ0n) is 10.1. The molecule has 94 valence electrons. The molecule has 0 amide bonds. The first-order valence-corrected chi connectivity index (χ1v) is 5.96. The van der Waals surface area contributed by atoms with Gasteiger partial charge in [0.2, 0.25) is 0 Å². The van der Waals surface area contributed by atoms with Crippen molar-refractivity contribution in [3.05, 3.63) is 40.7 Å². The number of benzene rings is 1. The Morgan fingerprint density at radius 2 is 2.17 bits per heavy atom. The maximum absolute atomic E-state index is 11.0. The summed E-state index contributed by atoms with van der Waals surface area (Å²) >= 11 is 6.14. The first-order chi connectivity index (χ1) is 8.52. The van der Waals surface area contributed by atoms with E-state index in [1.54, 1.807) is 16.8 Å². The summed E-state index contributed by atoms with van der Waals surface area (Å²) < 4.78 is 1.71. The number of rotatable bonds is 3. The summed E-state index contributed by atoms with van der Waals surface area (Å²) in [6, 6.07) is 4.68. The van der Waals surface area contributed by atoms with Crippen molar-refractivity contribution in [2.45, 2.75) is 13.3 Å². The molecular formula is C13H13ClN2O2. The van der Waals surface area contributed by atoms with E-state index in [9.17, 15) is 4.79 Å². The van der Waals surface area contributed by atoms with Crippen LogP contribution in [0.5, 0.6) is 0 Å². The minimum atomic E-state index is -0.963. The van der Waals surface area contributed by atoms with Crippen LogP contribution in [0.2, 0.25) is 5.02 Å². The van der Waals surface area contributed by atoms with Crippen LogP contribution in [0.3, 0.4) is 0 Å². The number of carbonyl (C=O) groups is 1. The Morgan fingerprint density at radius 1 is 1.44 bits per heavy atom. The number of aromatic nitrogens is 2. The number of halogens is 1. The molecule has 0 bridgehead atoms. The third-order valence-electron chi connectivity index (χ3n) is 2.74. The predicted molar refractivity (Wildman–Crippen MR) is 70.0 cm³/mol. The van der Waals surface area contributed by atoms with Crippen molar-refractivity contribution in [1.82, 2.24) is 9.78 Å². The molecule has 0 aliphatic heterocycles. The number of aryl methyl sites for hydroxylation is 2. The molecule has 2 rings (SSSR count). The first-order valence-electron chi connectivity index (χ1n) is 5.58. The smallest absolute Gasteiger partial charge is 0.335 e. The Balaban J connectivity index is 2.62. The topological polar surface area (TPSA) is 55.1 Å². The van der Waals surface area contributed by atoms with Gasteiger partial charge in [0.25, 0.3) is 0 Å². The fourth-order valence-corrected chi connectivity index (χ4v) is 2.10.